The molecule has 7 nitrogen and oxygen atoms in total. The van der Waals surface area contributed by atoms with Crippen molar-refractivity contribution in [1.82, 2.24) is 14.3 Å². The van der Waals surface area contributed by atoms with Gasteiger partial charge in [-0.15, -0.1) is 11.3 Å². The van der Waals surface area contributed by atoms with Gasteiger partial charge in [-0.2, -0.15) is 5.10 Å². The molecule has 0 bridgehead atoms. The fourth-order valence-corrected chi connectivity index (χ4v) is 5.27. The fourth-order valence-electron chi connectivity index (χ4n) is 3.41. The van der Waals surface area contributed by atoms with Crippen molar-refractivity contribution in [2.24, 2.45) is 12.0 Å². The highest BCUT2D eigenvalue weighted by Gasteiger charge is 2.33. The first kappa shape index (κ1) is 19.5. The fraction of sp³-hybridized carbons (Fsp3) is 0.300. The SMILES string of the molecule is CCOC(=O)C1=C(C)N=c2s/c(=C/c3cn(C)nc3C)c(=O)n2[C@@H]1c1cccs1. The minimum Gasteiger partial charge on any atom is -0.463 e. The Morgan fingerprint density at radius 1 is 1.38 bits per heavy atom. The molecular weight excluding hydrogens is 408 g/mol. The molecule has 9 heteroatoms. The van der Waals surface area contributed by atoms with Crippen molar-refractivity contribution in [2.75, 3.05) is 6.61 Å². The molecule has 0 saturated carbocycles. The van der Waals surface area contributed by atoms with E-state index in [0.29, 0.717) is 20.6 Å². The molecule has 4 rings (SSSR count). The van der Waals surface area contributed by atoms with Crippen LogP contribution in [-0.4, -0.2) is 26.9 Å². The van der Waals surface area contributed by atoms with Gasteiger partial charge in [0.2, 0.25) is 0 Å². The highest BCUT2D eigenvalue weighted by Crippen LogP contribution is 2.33. The first-order valence-electron chi connectivity index (χ1n) is 9.14. The van der Waals surface area contributed by atoms with Crippen LogP contribution in [-0.2, 0) is 16.6 Å². The Labute approximate surface area is 174 Å². The van der Waals surface area contributed by atoms with Gasteiger partial charge in [0.05, 0.1) is 28.1 Å². The summed E-state index contributed by atoms with van der Waals surface area (Å²) >= 11 is 2.82. The van der Waals surface area contributed by atoms with Crippen molar-refractivity contribution in [3.8, 4) is 0 Å². The Kier molecular flexibility index (Phi) is 5.10. The number of hydrogen-bond donors (Lipinski definition) is 0. The van der Waals surface area contributed by atoms with Crippen molar-refractivity contribution in [2.45, 2.75) is 26.8 Å². The van der Waals surface area contributed by atoms with Gasteiger partial charge in [0.15, 0.2) is 4.80 Å². The molecule has 1 aliphatic rings. The van der Waals surface area contributed by atoms with Crippen molar-refractivity contribution in [3.63, 3.8) is 0 Å². The van der Waals surface area contributed by atoms with Gasteiger partial charge in [0, 0.05) is 23.7 Å². The summed E-state index contributed by atoms with van der Waals surface area (Å²) in [5.41, 5.74) is 2.53. The maximum atomic E-state index is 13.4. The van der Waals surface area contributed by atoms with Crippen LogP contribution in [0.15, 0.2) is 44.8 Å². The van der Waals surface area contributed by atoms with Crippen LogP contribution in [0.25, 0.3) is 6.08 Å². The average molecular weight is 429 g/mol. The Balaban J connectivity index is 1.96. The number of ether oxygens (including phenoxy) is 1. The predicted octanol–water partition coefficient (Wildman–Crippen LogP) is 1.90. The van der Waals surface area contributed by atoms with Crippen LogP contribution >= 0.6 is 22.7 Å². The summed E-state index contributed by atoms with van der Waals surface area (Å²) in [6.45, 7) is 5.71. The number of nitrogens with zero attached hydrogens (tertiary/aromatic N) is 4. The number of fused-ring (bicyclic) bond motifs is 1. The third-order valence-corrected chi connectivity index (χ3v) is 6.58. The van der Waals surface area contributed by atoms with E-state index in [0.717, 1.165) is 16.1 Å². The second-order valence-electron chi connectivity index (χ2n) is 6.66. The third kappa shape index (κ3) is 3.40. The number of aromatic nitrogens is 3. The maximum absolute atomic E-state index is 13.4. The molecular formula is C20H20N4O3S2. The van der Waals surface area contributed by atoms with Crippen LogP contribution in [0.3, 0.4) is 0 Å². The van der Waals surface area contributed by atoms with E-state index in [4.69, 9.17) is 4.74 Å². The lowest BCUT2D eigenvalue weighted by Crippen LogP contribution is -2.39. The first-order valence-corrected chi connectivity index (χ1v) is 10.8. The number of rotatable bonds is 4. The van der Waals surface area contributed by atoms with Gasteiger partial charge in [-0.1, -0.05) is 17.4 Å². The van der Waals surface area contributed by atoms with E-state index in [9.17, 15) is 9.59 Å². The van der Waals surface area contributed by atoms with Gasteiger partial charge in [-0.3, -0.25) is 14.0 Å². The van der Waals surface area contributed by atoms with Gasteiger partial charge in [-0.05, 0) is 38.3 Å². The number of allylic oxidation sites excluding steroid dienone is 1. The zero-order valence-electron chi connectivity index (χ0n) is 16.5. The highest BCUT2D eigenvalue weighted by molar-refractivity contribution is 7.10. The molecule has 3 aromatic heterocycles. The average Bonchev–Trinajstić information content (AvgIpc) is 3.36. The number of carbonyl (C=O) groups is 1. The van der Waals surface area contributed by atoms with Gasteiger partial charge >= 0.3 is 5.97 Å². The second-order valence-corrected chi connectivity index (χ2v) is 8.65. The van der Waals surface area contributed by atoms with E-state index in [1.54, 1.807) is 23.1 Å². The molecule has 0 spiro atoms. The van der Waals surface area contributed by atoms with Crippen molar-refractivity contribution >= 4 is 34.7 Å². The van der Waals surface area contributed by atoms with Crippen molar-refractivity contribution < 1.29 is 9.53 Å². The Morgan fingerprint density at radius 2 is 2.17 bits per heavy atom. The van der Waals surface area contributed by atoms with Crippen molar-refractivity contribution in [1.29, 1.82) is 0 Å². The summed E-state index contributed by atoms with van der Waals surface area (Å²) in [4.78, 5) is 32.1. The molecule has 0 saturated heterocycles. The van der Waals surface area contributed by atoms with Crippen LogP contribution < -0.4 is 14.9 Å². The molecule has 3 aromatic rings. The van der Waals surface area contributed by atoms with E-state index in [1.807, 2.05) is 43.8 Å². The standard InChI is InChI=1S/C20H20N4O3S2/c1-5-27-19(26)16-12(3)21-20-24(17(16)14-7-6-8-28-14)18(25)15(29-20)9-13-10-23(4)22-11(13)2/h6-10,17H,5H2,1-4H3/b15-9+/t17-/m1/s1. The Bertz CT molecular complexity index is 1290. The molecule has 150 valence electrons. The molecule has 1 aliphatic heterocycles. The summed E-state index contributed by atoms with van der Waals surface area (Å²) in [7, 11) is 1.84. The van der Waals surface area contributed by atoms with Crippen LogP contribution in [0.5, 0.6) is 0 Å². The van der Waals surface area contributed by atoms with Crippen LogP contribution in [0, 0.1) is 6.92 Å². The highest BCUT2D eigenvalue weighted by atomic mass is 32.1. The molecule has 0 N–H and O–H groups in total. The molecule has 1 atom stereocenters. The van der Waals surface area contributed by atoms with E-state index in [2.05, 4.69) is 10.1 Å². The van der Waals surface area contributed by atoms with E-state index < -0.39 is 12.0 Å². The third-order valence-electron chi connectivity index (χ3n) is 4.67. The molecule has 4 heterocycles. The molecule has 0 unspecified atom stereocenters. The molecule has 0 aliphatic carbocycles. The quantitative estimate of drug-likeness (QED) is 0.595. The smallest absolute Gasteiger partial charge is 0.338 e. The Morgan fingerprint density at radius 3 is 2.79 bits per heavy atom. The lowest BCUT2D eigenvalue weighted by atomic mass is 10.0. The number of carbonyl (C=O) groups excluding carboxylic acids is 1. The number of hydrogen-bond acceptors (Lipinski definition) is 7. The van der Waals surface area contributed by atoms with E-state index >= 15 is 0 Å². The summed E-state index contributed by atoms with van der Waals surface area (Å²) in [6, 6.07) is 3.30. The number of esters is 1. The van der Waals surface area contributed by atoms with Crippen LogP contribution in [0.2, 0.25) is 0 Å². The Hall–Kier alpha value is -2.78. The molecule has 0 aromatic carbocycles. The summed E-state index contributed by atoms with van der Waals surface area (Å²) in [6.07, 6.45) is 3.71. The van der Waals surface area contributed by atoms with E-state index in [1.165, 1.54) is 22.7 Å². The van der Waals surface area contributed by atoms with Gasteiger partial charge in [0.1, 0.15) is 6.04 Å². The van der Waals surface area contributed by atoms with Gasteiger partial charge in [-0.25, -0.2) is 9.79 Å². The topological polar surface area (TPSA) is 78.5 Å². The summed E-state index contributed by atoms with van der Waals surface area (Å²) in [5, 5.41) is 6.27. The minimum absolute atomic E-state index is 0.176. The minimum atomic E-state index is -0.539. The van der Waals surface area contributed by atoms with Crippen molar-refractivity contribution in [3.05, 3.63) is 70.8 Å². The van der Waals surface area contributed by atoms with Gasteiger partial charge in [0.25, 0.3) is 5.56 Å². The normalized spacial score (nSPS) is 16.7. The lowest BCUT2D eigenvalue weighted by Gasteiger charge is -2.23. The summed E-state index contributed by atoms with van der Waals surface area (Å²) < 4.78 is 9.15. The largest absolute Gasteiger partial charge is 0.463 e. The first-order chi connectivity index (χ1) is 13.9. The molecule has 0 fully saturated rings. The monoisotopic (exact) mass is 428 g/mol. The zero-order valence-corrected chi connectivity index (χ0v) is 18.1. The number of thiazole rings is 1. The zero-order chi connectivity index (χ0) is 20.7. The van der Waals surface area contributed by atoms with Gasteiger partial charge < -0.3 is 4.74 Å². The maximum Gasteiger partial charge on any atom is 0.338 e. The lowest BCUT2D eigenvalue weighted by molar-refractivity contribution is -0.139. The molecule has 29 heavy (non-hydrogen) atoms. The summed E-state index contributed by atoms with van der Waals surface area (Å²) in [5.74, 6) is -0.440. The van der Waals surface area contributed by atoms with Crippen LogP contribution in [0.1, 0.15) is 36.0 Å². The van der Waals surface area contributed by atoms with Crippen LogP contribution in [0.4, 0.5) is 0 Å². The molecule has 0 radical (unpaired) electrons. The number of thiophene rings is 1. The van der Waals surface area contributed by atoms with E-state index in [-0.39, 0.29) is 12.2 Å². The molecule has 0 amide bonds. The predicted molar refractivity (Wildman–Crippen MR) is 113 cm³/mol. The second kappa shape index (κ2) is 7.57. The number of aryl methyl sites for hydroxylation is 2.